The van der Waals surface area contributed by atoms with Crippen LogP contribution in [0.5, 0.6) is 0 Å². The van der Waals surface area contributed by atoms with Gasteiger partial charge in [-0.25, -0.2) is 0 Å². The van der Waals surface area contributed by atoms with E-state index in [0.717, 1.165) is 0 Å². The maximum Gasteiger partial charge on any atom is 0.307 e. The van der Waals surface area contributed by atoms with Crippen LogP contribution in [0.3, 0.4) is 0 Å². The van der Waals surface area contributed by atoms with E-state index in [1.807, 2.05) is 6.92 Å². The summed E-state index contributed by atoms with van der Waals surface area (Å²) < 4.78 is 11.9. The summed E-state index contributed by atoms with van der Waals surface area (Å²) in [4.78, 5) is 10.5. The van der Waals surface area contributed by atoms with Gasteiger partial charge < -0.3 is 10.8 Å². The lowest BCUT2D eigenvalue weighted by Crippen LogP contribution is -2.35. The van der Waals surface area contributed by atoms with Gasteiger partial charge in [0.1, 0.15) is 0 Å². The average Bonchev–Trinajstić information content (AvgIpc) is 2.03. The third kappa shape index (κ3) is 4.83. The third-order valence-corrected chi connectivity index (χ3v) is 2.31. The Bertz CT molecular complexity index is 164. The third-order valence-electron chi connectivity index (χ3n) is 2.31. The highest BCUT2D eigenvalue weighted by atomic mass is 19.1. The highest BCUT2D eigenvalue weighted by molar-refractivity contribution is 5.70. The van der Waals surface area contributed by atoms with Crippen LogP contribution in [-0.4, -0.2) is 23.8 Å². The molecule has 0 aliphatic heterocycles. The first kappa shape index (κ1) is 12.4. The SMILES string of the molecule is CC(CCF)CC(N)C(C)C(=O)O. The average molecular weight is 191 g/mol. The lowest BCUT2D eigenvalue weighted by Gasteiger charge is -2.19. The molecule has 0 saturated carbocycles. The second-order valence-corrected chi connectivity index (χ2v) is 3.61. The Kier molecular flexibility index (Phi) is 5.62. The molecule has 0 aliphatic rings. The zero-order valence-electron chi connectivity index (χ0n) is 8.16. The smallest absolute Gasteiger partial charge is 0.307 e. The van der Waals surface area contributed by atoms with Crippen molar-refractivity contribution in [1.29, 1.82) is 0 Å². The maximum absolute atomic E-state index is 11.9. The molecule has 3 nitrogen and oxygen atoms in total. The molecule has 0 amide bonds. The van der Waals surface area contributed by atoms with Crippen molar-refractivity contribution in [3.05, 3.63) is 0 Å². The molecule has 3 atom stereocenters. The number of carbonyl (C=O) groups is 1. The van der Waals surface area contributed by atoms with Crippen LogP contribution in [0.25, 0.3) is 0 Å². The fourth-order valence-corrected chi connectivity index (χ4v) is 1.16. The van der Waals surface area contributed by atoms with Crippen LogP contribution in [0.2, 0.25) is 0 Å². The summed E-state index contributed by atoms with van der Waals surface area (Å²) >= 11 is 0. The molecule has 0 bridgehead atoms. The molecular weight excluding hydrogens is 173 g/mol. The van der Waals surface area contributed by atoms with E-state index in [0.29, 0.717) is 12.8 Å². The number of carboxylic acids is 1. The predicted molar refractivity (Wildman–Crippen MR) is 49.1 cm³/mol. The van der Waals surface area contributed by atoms with Crippen molar-refractivity contribution in [2.75, 3.05) is 6.67 Å². The molecule has 0 aromatic heterocycles. The Morgan fingerprint density at radius 2 is 2.08 bits per heavy atom. The summed E-state index contributed by atoms with van der Waals surface area (Å²) in [5.74, 6) is -1.29. The Morgan fingerprint density at radius 1 is 1.54 bits per heavy atom. The van der Waals surface area contributed by atoms with Crippen LogP contribution < -0.4 is 5.73 Å². The molecule has 0 radical (unpaired) electrons. The topological polar surface area (TPSA) is 63.3 Å². The Labute approximate surface area is 78.1 Å². The largest absolute Gasteiger partial charge is 0.481 e. The van der Waals surface area contributed by atoms with Crippen molar-refractivity contribution < 1.29 is 14.3 Å². The molecule has 3 N–H and O–H groups in total. The van der Waals surface area contributed by atoms with E-state index >= 15 is 0 Å². The van der Waals surface area contributed by atoms with E-state index in [9.17, 15) is 9.18 Å². The van der Waals surface area contributed by atoms with E-state index in [4.69, 9.17) is 10.8 Å². The molecule has 0 saturated heterocycles. The minimum atomic E-state index is -0.889. The van der Waals surface area contributed by atoms with E-state index in [1.165, 1.54) is 0 Å². The molecule has 0 heterocycles. The van der Waals surface area contributed by atoms with Crippen LogP contribution in [0.1, 0.15) is 26.7 Å². The number of halogens is 1. The van der Waals surface area contributed by atoms with Crippen LogP contribution in [-0.2, 0) is 4.79 Å². The molecular formula is C9H18FNO2. The highest BCUT2D eigenvalue weighted by Crippen LogP contribution is 2.14. The monoisotopic (exact) mass is 191 g/mol. The number of rotatable bonds is 6. The molecule has 78 valence electrons. The summed E-state index contributed by atoms with van der Waals surface area (Å²) in [5.41, 5.74) is 5.65. The summed E-state index contributed by atoms with van der Waals surface area (Å²) in [5, 5.41) is 8.64. The second-order valence-electron chi connectivity index (χ2n) is 3.61. The van der Waals surface area contributed by atoms with Gasteiger partial charge >= 0.3 is 5.97 Å². The molecule has 0 aromatic carbocycles. The van der Waals surface area contributed by atoms with Gasteiger partial charge in [-0.05, 0) is 18.8 Å². The summed E-state index contributed by atoms with van der Waals surface area (Å²) in [7, 11) is 0. The first-order chi connectivity index (χ1) is 5.99. The van der Waals surface area contributed by atoms with Crippen molar-refractivity contribution in [2.24, 2.45) is 17.6 Å². The van der Waals surface area contributed by atoms with E-state index in [-0.39, 0.29) is 18.6 Å². The number of nitrogens with two attached hydrogens (primary N) is 1. The molecule has 3 unspecified atom stereocenters. The number of carboxylic acid groups (broad SMARTS) is 1. The van der Waals surface area contributed by atoms with Gasteiger partial charge in [0.15, 0.2) is 0 Å². The minimum Gasteiger partial charge on any atom is -0.481 e. The van der Waals surface area contributed by atoms with E-state index < -0.39 is 11.9 Å². The van der Waals surface area contributed by atoms with Gasteiger partial charge in [0.05, 0.1) is 12.6 Å². The fourth-order valence-electron chi connectivity index (χ4n) is 1.16. The number of hydrogen-bond donors (Lipinski definition) is 2. The molecule has 13 heavy (non-hydrogen) atoms. The quantitative estimate of drug-likeness (QED) is 0.667. The van der Waals surface area contributed by atoms with Gasteiger partial charge in [-0.15, -0.1) is 0 Å². The summed E-state index contributed by atoms with van der Waals surface area (Å²) in [6.45, 7) is 3.10. The molecule has 0 spiro atoms. The molecule has 0 aromatic rings. The Morgan fingerprint density at radius 3 is 2.46 bits per heavy atom. The highest BCUT2D eigenvalue weighted by Gasteiger charge is 2.21. The predicted octanol–water partition coefficient (Wildman–Crippen LogP) is 1.42. The van der Waals surface area contributed by atoms with Crippen molar-refractivity contribution in [3.8, 4) is 0 Å². The Hall–Kier alpha value is -0.640. The zero-order valence-corrected chi connectivity index (χ0v) is 8.16. The van der Waals surface area contributed by atoms with Gasteiger partial charge in [-0.3, -0.25) is 9.18 Å². The normalized spacial score (nSPS) is 17.8. The van der Waals surface area contributed by atoms with Crippen LogP contribution in [0.4, 0.5) is 4.39 Å². The summed E-state index contributed by atoms with van der Waals surface area (Å²) in [6.07, 6.45) is 1.03. The lowest BCUT2D eigenvalue weighted by atomic mass is 9.92. The number of alkyl halides is 1. The van der Waals surface area contributed by atoms with E-state index in [1.54, 1.807) is 6.92 Å². The van der Waals surface area contributed by atoms with Gasteiger partial charge in [-0.1, -0.05) is 13.8 Å². The number of hydrogen-bond acceptors (Lipinski definition) is 2. The molecule has 4 heteroatoms. The fraction of sp³-hybridized carbons (Fsp3) is 0.889. The standard InChI is InChI=1S/C9H18FNO2/c1-6(3-4-10)5-8(11)7(2)9(12)13/h6-8H,3-5,11H2,1-2H3,(H,12,13). The van der Waals surface area contributed by atoms with E-state index in [2.05, 4.69) is 0 Å². The molecule has 0 aliphatic carbocycles. The van der Waals surface area contributed by atoms with Gasteiger partial charge in [-0.2, -0.15) is 0 Å². The minimum absolute atomic E-state index is 0.154. The first-order valence-corrected chi connectivity index (χ1v) is 4.53. The number of aliphatic carboxylic acids is 1. The molecule has 0 fully saturated rings. The van der Waals surface area contributed by atoms with Crippen molar-refractivity contribution in [2.45, 2.75) is 32.7 Å². The van der Waals surface area contributed by atoms with Crippen LogP contribution >= 0.6 is 0 Å². The van der Waals surface area contributed by atoms with Crippen LogP contribution in [0, 0.1) is 11.8 Å². The van der Waals surface area contributed by atoms with Gasteiger partial charge in [0.2, 0.25) is 0 Å². The first-order valence-electron chi connectivity index (χ1n) is 4.53. The molecule has 0 rings (SSSR count). The second kappa shape index (κ2) is 5.91. The van der Waals surface area contributed by atoms with Gasteiger partial charge in [0, 0.05) is 6.04 Å². The Balaban J connectivity index is 3.84. The lowest BCUT2D eigenvalue weighted by molar-refractivity contribution is -0.141. The van der Waals surface area contributed by atoms with Crippen molar-refractivity contribution in [1.82, 2.24) is 0 Å². The van der Waals surface area contributed by atoms with Crippen molar-refractivity contribution in [3.63, 3.8) is 0 Å². The van der Waals surface area contributed by atoms with Crippen LogP contribution in [0.15, 0.2) is 0 Å². The summed E-state index contributed by atoms with van der Waals surface area (Å²) in [6, 6.07) is -0.376. The maximum atomic E-state index is 11.9. The van der Waals surface area contributed by atoms with Crippen molar-refractivity contribution >= 4 is 5.97 Å². The van der Waals surface area contributed by atoms with Gasteiger partial charge in [0.25, 0.3) is 0 Å². The zero-order chi connectivity index (χ0) is 10.4.